The number of hydrogen-bond donors (Lipinski definition) is 2. The van der Waals surface area contributed by atoms with Gasteiger partial charge in [-0.05, 0) is 20.9 Å². The first-order valence-corrected chi connectivity index (χ1v) is 7.55. The minimum Gasteiger partial charge on any atom is -0.357 e. The molecule has 0 saturated carbocycles. The van der Waals surface area contributed by atoms with Crippen LogP contribution in [0.5, 0.6) is 0 Å². The number of piperazine rings is 1. The zero-order valence-electron chi connectivity index (χ0n) is 13.4. The third-order valence-corrected chi connectivity index (χ3v) is 3.65. The molecule has 2 N–H and O–H groups in total. The zero-order chi connectivity index (χ0) is 15.2. The average Bonchev–Trinajstić information content (AvgIpc) is 2.50. The highest BCUT2D eigenvalue weighted by molar-refractivity contribution is 5.43. The van der Waals surface area contributed by atoms with Gasteiger partial charge < -0.3 is 15.1 Å². The first-order valence-electron chi connectivity index (χ1n) is 7.55. The summed E-state index contributed by atoms with van der Waals surface area (Å²) in [6.45, 7) is 9.93. The van der Waals surface area contributed by atoms with E-state index in [-0.39, 0.29) is 0 Å². The molecule has 2 rings (SSSR count). The fraction of sp³-hybridized carbons (Fsp3) is 0.769. The highest BCUT2D eigenvalue weighted by atomic mass is 15.6. The van der Waals surface area contributed by atoms with Crippen LogP contribution in [0.25, 0.3) is 0 Å². The van der Waals surface area contributed by atoms with Gasteiger partial charge in [0.2, 0.25) is 17.8 Å². The lowest BCUT2D eigenvalue weighted by Gasteiger charge is -2.32. The summed E-state index contributed by atoms with van der Waals surface area (Å²) >= 11 is 0. The molecule has 8 heteroatoms. The lowest BCUT2D eigenvalue weighted by molar-refractivity contribution is 0.178. The number of hydrogen-bond acceptors (Lipinski definition) is 8. The molecule has 0 amide bonds. The maximum atomic E-state index is 4.53. The van der Waals surface area contributed by atoms with Crippen molar-refractivity contribution in [1.82, 2.24) is 24.9 Å². The van der Waals surface area contributed by atoms with Gasteiger partial charge in [0.15, 0.2) is 0 Å². The molecule has 2 heterocycles. The van der Waals surface area contributed by atoms with E-state index in [1.54, 1.807) is 0 Å². The first-order chi connectivity index (χ1) is 10.2. The predicted molar refractivity (Wildman–Crippen MR) is 85.6 cm³/mol. The van der Waals surface area contributed by atoms with Gasteiger partial charge in [-0.1, -0.05) is 0 Å². The molecule has 0 aromatic carbocycles. The topological polar surface area (TPSA) is 72.5 Å². The summed E-state index contributed by atoms with van der Waals surface area (Å²) in [5.41, 5.74) is 3.30. The van der Waals surface area contributed by atoms with Crippen LogP contribution >= 0.6 is 0 Å². The Hall–Kier alpha value is -1.67. The molecule has 8 nitrogen and oxygen atoms in total. The van der Waals surface area contributed by atoms with Crippen molar-refractivity contribution in [2.45, 2.75) is 13.8 Å². The van der Waals surface area contributed by atoms with Crippen LogP contribution in [0, 0.1) is 0 Å². The Morgan fingerprint density at radius 1 is 1.00 bits per heavy atom. The lowest BCUT2D eigenvalue weighted by atomic mass is 10.4. The van der Waals surface area contributed by atoms with Crippen LogP contribution in [-0.2, 0) is 0 Å². The molecule has 0 bridgehead atoms. The molecule has 0 unspecified atom stereocenters. The summed E-state index contributed by atoms with van der Waals surface area (Å²) in [4.78, 5) is 17.8. The monoisotopic (exact) mass is 294 g/mol. The van der Waals surface area contributed by atoms with Gasteiger partial charge in [0.1, 0.15) is 0 Å². The first kappa shape index (κ1) is 15.7. The van der Waals surface area contributed by atoms with E-state index >= 15 is 0 Å². The van der Waals surface area contributed by atoms with E-state index in [0.29, 0.717) is 17.8 Å². The number of nitrogens with zero attached hydrogens (tertiary/aromatic N) is 6. The fourth-order valence-electron chi connectivity index (χ4n) is 2.23. The Morgan fingerprint density at radius 3 is 2.19 bits per heavy atom. The third-order valence-electron chi connectivity index (χ3n) is 3.65. The van der Waals surface area contributed by atoms with E-state index in [1.165, 1.54) is 0 Å². The molecular formula is C13H26N8. The molecular weight excluding hydrogens is 268 g/mol. The van der Waals surface area contributed by atoms with Crippen molar-refractivity contribution in [2.75, 3.05) is 69.0 Å². The minimum absolute atomic E-state index is 0.587. The van der Waals surface area contributed by atoms with E-state index in [9.17, 15) is 0 Å². The maximum absolute atomic E-state index is 4.53. The van der Waals surface area contributed by atoms with Gasteiger partial charge in [-0.25, -0.2) is 5.01 Å². The van der Waals surface area contributed by atoms with Crippen LogP contribution in [-0.4, -0.2) is 78.2 Å². The van der Waals surface area contributed by atoms with Crippen LogP contribution in [0.2, 0.25) is 0 Å². The molecule has 1 aliphatic heterocycles. The van der Waals surface area contributed by atoms with Gasteiger partial charge in [0.05, 0.1) is 0 Å². The Bertz CT molecular complexity index is 440. The second kappa shape index (κ2) is 7.37. The summed E-state index contributed by atoms with van der Waals surface area (Å²) in [6, 6.07) is 0. The van der Waals surface area contributed by atoms with Gasteiger partial charge >= 0.3 is 0 Å². The van der Waals surface area contributed by atoms with Crippen molar-refractivity contribution in [3.8, 4) is 0 Å². The molecule has 0 radical (unpaired) electrons. The largest absolute Gasteiger partial charge is 0.357 e. The molecule has 1 saturated heterocycles. The second-order valence-electron chi connectivity index (χ2n) is 5.11. The quantitative estimate of drug-likeness (QED) is 0.778. The molecule has 0 spiro atoms. The SMILES string of the molecule is CCN(CC)c1nc(NC)nc(NN2CCN(C)CC2)n1. The summed E-state index contributed by atoms with van der Waals surface area (Å²) < 4.78 is 0. The Labute approximate surface area is 126 Å². The summed E-state index contributed by atoms with van der Waals surface area (Å²) in [5, 5.41) is 5.15. The zero-order valence-corrected chi connectivity index (χ0v) is 13.4. The van der Waals surface area contributed by atoms with Crippen LogP contribution in [0.3, 0.4) is 0 Å². The van der Waals surface area contributed by atoms with Crippen molar-refractivity contribution >= 4 is 17.8 Å². The minimum atomic E-state index is 0.587. The summed E-state index contributed by atoms with van der Waals surface area (Å²) in [6.07, 6.45) is 0. The molecule has 21 heavy (non-hydrogen) atoms. The summed E-state index contributed by atoms with van der Waals surface area (Å²) in [5.74, 6) is 1.89. The Balaban J connectivity index is 2.12. The normalized spacial score (nSPS) is 16.8. The Morgan fingerprint density at radius 2 is 1.62 bits per heavy atom. The predicted octanol–water partition coefficient (Wildman–Crippen LogP) is 0.334. The number of hydrazine groups is 1. The van der Waals surface area contributed by atoms with Gasteiger partial charge in [-0.15, -0.1) is 0 Å². The van der Waals surface area contributed by atoms with Crippen LogP contribution < -0.4 is 15.6 Å². The number of anilines is 3. The van der Waals surface area contributed by atoms with Crippen molar-refractivity contribution in [1.29, 1.82) is 0 Å². The van der Waals surface area contributed by atoms with Crippen molar-refractivity contribution in [3.05, 3.63) is 0 Å². The number of aromatic nitrogens is 3. The van der Waals surface area contributed by atoms with Gasteiger partial charge in [-0.3, -0.25) is 5.43 Å². The average molecular weight is 294 g/mol. The van der Waals surface area contributed by atoms with Crippen LogP contribution in [0.1, 0.15) is 13.8 Å². The van der Waals surface area contributed by atoms with Crippen LogP contribution in [0.15, 0.2) is 0 Å². The highest BCUT2D eigenvalue weighted by Crippen LogP contribution is 2.14. The standard InChI is InChI=1S/C13H26N8/c1-5-20(6-2)13-16-11(14-3)15-12(17-13)18-21-9-7-19(4)8-10-21/h5-10H2,1-4H3,(H2,14,15,16,17,18). The molecule has 0 atom stereocenters. The molecule has 1 fully saturated rings. The Kier molecular flexibility index (Phi) is 5.51. The maximum Gasteiger partial charge on any atom is 0.244 e. The molecule has 1 aromatic heterocycles. The van der Waals surface area contributed by atoms with Gasteiger partial charge in [0, 0.05) is 46.3 Å². The highest BCUT2D eigenvalue weighted by Gasteiger charge is 2.16. The molecule has 1 aromatic rings. The summed E-state index contributed by atoms with van der Waals surface area (Å²) in [7, 11) is 3.96. The third kappa shape index (κ3) is 4.15. The van der Waals surface area contributed by atoms with Gasteiger partial charge in [0.25, 0.3) is 0 Å². The number of rotatable bonds is 6. The van der Waals surface area contributed by atoms with E-state index < -0.39 is 0 Å². The second-order valence-corrected chi connectivity index (χ2v) is 5.11. The van der Waals surface area contributed by atoms with E-state index in [4.69, 9.17) is 0 Å². The van der Waals surface area contributed by atoms with Gasteiger partial charge in [-0.2, -0.15) is 15.0 Å². The smallest absolute Gasteiger partial charge is 0.244 e. The van der Waals surface area contributed by atoms with Crippen molar-refractivity contribution in [2.24, 2.45) is 0 Å². The molecule has 118 valence electrons. The van der Waals surface area contributed by atoms with E-state index in [1.807, 2.05) is 7.05 Å². The molecule has 0 aliphatic carbocycles. The molecule has 1 aliphatic rings. The van der Waals surface area contributed by atoms with E-state index in [0.717, 1.165) is 39.3 Å². The van der Waals surface area contributed by atoms with Crippen molar-refractivity contribution < 1.29 is 0 Å². The number of nitrogens with one attached hydrogen (secondary N) is 2. The van der Waals surface area contributed by atoms with E-state index in [2.05, 4.69) is 61.4 Å². The fourth-order valence-corrected chi connectivity index (χ4v) is 2.23. The van der Waals surface area contributed by atoms with Crippen LogP contribution in [0.4, 0.5) is 17.8 Å². The lowest BCUT2D eigenvalue weighted by Crippen LogP contribution is -2.47. The number of likely N-dealkylation sites (N-methyl/N-ethyl adjacent to an activating group) is 1. The van der Waals surface area contributed by atoms with Crippen molar-refractivity contribution in [3.63, 3.8) is 0 Å².